The first-order valence-corrected chi connectivity index (χ1v) is 30.6. The largest absolute Gasteiger partial charge is 0.159 e. The Kier molecular flexibility index (Phi) is 65.1. The molecule has 0 radical (unpaired) electrons. The average molecular weight is 964 g/mol. The summed E-state index contributed by atoms with van der Waals surface area (Å²) < 4.78 is 0. The molecule has 0 aromatic rings. The third-order valence-corrected chi connectivity index (χ3v) is 14.1. The van der Waals surface area contributed by atoms with Crippen molar-refractivity contribution in [2.24, 2.45) is 29.6 Å². The smallest absolute Gasteiger partial charge is 0.0547 e. The Hall–Kier alpha value is 0.790. The van der Waals surface area contributed by atoms with Gasteiger partial charge >= 0.3 is 0 Å². The molecule has 0 aliphatic rings. The van der Waals surface area contributed by atoms with E-state index in [4.69, 9.17) is 0 Å². The molecule has 0 N–H and O–H groups in total. The molecule has 0 heterocycles. The van der Waals surface area contributed by atoms with Crippen LogP contribution in [0.4, 0.5) is 0 Å². The van der Waals surface area contributed by atoms with Gasteiger partial charge in [-0.25, -0.2) is 0 Å². The highest BCUT2D eigenvalue weighted by Gasteiger charge is 1.95. The molecule has 0 unspecified atom stereocenters. The van der Waals surface area contributed by atoms with E-state index >= 15 is 0 Å². The predicted octanol–water partition coefficient (Wildman–Crippen LogP) is 19.3. The van der Waals surface area contributed by atoms with Crippen molar-refractivity contribution < 1.29 is 0 Å². The highest BCUT2D eigenvalue weighted by Crippen LogP contribution is 2.15. The standard InChI is InChI=1S/C11H20S.C11H22S.C11H20S.2C10H20S2/c1-10(2)7-5-6-8-12-9-11(3)4;2*1-10(2)8-6-5-7-9-12-11(3)4;1-9(2)8-11-6-5-7-12-10(3)4;1-9(2)11-7-5-6-8-12-10(3)4/h10-11H,7-9H2,1-4H3;5-6,10-11H,7-9H2,1-4H3;10-11H,7-9H2,1-4H3;2*5,7,9-10H,6,8H2,1-4H3/b;6-5-;;2*7-5-. The van der Waals surface area contributed by atoms with Crippen molar-refractivity contribution >= 4 is 82.3 Å². The molecule has 0 spiro atoms. The van der Waals surface area contributed by atoms with E-state index < -0.39 is 0 Å². The van der Waals surface area contributed by atoms with E-state index in [-0.39, 0.29) is 0 Å². The highest BCUT2D eigenvalue weighted by molar-refractivity contribution is 8.03. The predicted molar refractivity (Wildman–Crippen MR) is 308 cm³/mol. The van der Waals surface area contributed by atoms with Gasteiger partial charge in [0.25, 0.3) is 0 Å². The maximum Gasteiger partial charge on any atom is 0.0547 e. The average Bonchev–Trinajstić information content (AvgIpc) is 3.12. The number of allylic oxidation sites excluding steroid dienone is 3. The van der Waals surface area contributed by atoms with Crippen molar-refractivity contribution in [3.05, 3.63) is 35.1 Å². The minimum absolute atomic E-state index is 0.715. The lowest BCUT2D eigenvalue weighted by atomic mass is 10.1. The maximum atomic E-state index is 3.20. The molecule has 356 valence electrons. The van der Waals surface area contributed by atoms with Gasteiger partial charge in [0, 0.05) is 41.3 Å². The molecule has 0 atom stereocenters. The number of thioether (sulfide) groups is 7. The van der Waals surface area contributed by atoms with Crippen molar-refractivity contribution in [2.75, 3.05) is 40.3 Å². The van der Waals surface area contributed by atoms with E-state index in [0.29, 0.717) is 5.92 Å². The van der Waals surface area contributed by atoms with Gasteiger partial charge in [-0.2, -0.15) is 47.0 Å². The van der Waals surface area contributed by atoms with Gasteiger partial charge in [0.1, 0.15) is 0 Å². The summed E-state index contributed by atoms with van der Waals surface area (Å²) in [6, 6.07) is 0. The van der Waals surface area contributed by atoms with Crippen molar-refractivity contribution in [3.8, 4) is 23.7 Å². The SMILES string of the molecule is CC(C)C/C=C\CCSC(C)C.CC(C)CC#CCCSC(C)C.CC(C)CC#CCSCC(C)C.CC(C)CSC/C=C\SC(C)C.CC(C)S/C=C\CCSC(C)C. The Balaban J connectivity index is -0.000000210. The normalized spacial score (nSPS) is 11.4. The molecule has 0 aromatic heterocycles. The van der Waals surface area contributed by atoms with Gasteiger partial charge in [-0.15, -0.1) is 53.0 Å². The van der Waals surface area contributed by atoms with Gasteiger partial charge in [0.15, 0.2) is 0 Å². The third kappa shape index (κ3) is 93.6. The fourth-order valence-corrected chi connectivity index (χ4v) is 8.53. The molecule has 7 heteroatoms. The van der Waals surface area contributed by atoms with Gasteiger partial charge in [-0.05, 0) is 98.4 Å². The molecule has 0 amide bonds. The Labute approximate surface area is 411 Å². The molecular formula is C53H102S7. The Morgan fingerprint density at radius 2 is 0.817 bits per heavy atom. The van der Waals surface area contributed by atoms with E-state index in [2.05, 4.69) is 197 Å². The fraction of sp³-hybridized carbons (Fsp3) is 0.811. The second-order valence-corrected chi connectivity index (χ2v) is 28.2. The summed E-state index contributed by atoms with van der Waals surface area (Å²) >= 11 is 13.8. The van der Waals surface area contributed by atoms with Crippen molar-refractivity contribution in [1.29, 1.82) is 0 Å². The quantitative estimate of drug-likeness (QED) is 0.0475. The van der Waals surface area contributed by atoms with Gasteiger partial charge < -0.3 is 0 Å². The molecule has 0 saturated carbocycles. The summed E-state index contributed by atoms with van der Waals surface area (Å²) in [5, 5.41) is 8.19. The minimum Gasteiger partial charge on any atom is -0.159 e. The second kappa shape index (κ2) is 55.9. The lowest BCUT2D eigenvalue weighted by Gasteiger charge is -2.01. The van der Waals surface area contributed by atoms with Crippen LogP contribution in [0.3, 0.4) is 0 Å². The first kappa shape index (κ1) is 69.8. The number of hydrogen-bond donors (Lipinski definition) is 0. The van der Waals surface area contributed by atoms with Crippen molar-refractivity contribution in [1.82, 2.24) is 0 Å². The summed E-state index contributed by atoms with van der Waals surface area (Å²) in [6.07, 6.45) is 16.0. The molecule has 0 aliphatic carbocycles. The summed E-state index contributed by atoms with van der Waals surface area (Å²) in [5.41, 5.74) is 0. The molecule has 0 nitrogen and oxygen atoms in total. The summed E-state index contributed by atoms with van der Waals surface area (Å²) in [5.74, 6) is 25.0. The molecule has 60 heavy (non-hydrogen) atoms. The summed E-state index contributed by atoms with van der Waals surface area (Å²) in [7, 11) is 0. The summed E-state index contributed by atoms with van der Waals surface area (Å²) in [6.45, 7) is 44.7. The van der Waals surface area contributed by atoms with Crippen LogP contribution in [0.1, 0.15) is 177 Å². The fourth-order valence-electron chi connectivity index (χ4n) is 3.52. The van der Waals surface area contributed by atoms with E-state index in [0.717, 1.165) is 80.7 Å². The zero-order valence-electron chi connectivity index (χ0n) is 43.3. The molecular weight excluding hydrogens is 861 g/mol. The lowest BCUT2D eigenvalue weighted by molar-refractivity contribution is 0.662. The topological polar surface area (TPSA) is 0 Å². The first-order valence-electron chi connectivity index (χ1n) is 23.3. The van der Waals surface area contributed by atoms with E-state index in [1.54, 1.807) is 0 Å². The number of rotatable bonds is 26. The molecule has 0 aliphatic heterocycles. The van der Waals surface area contributed by atoms with Gasteiger partial charge in [-0.1, -0.05) is 169 Å². The Morgan fingerprint density at radius 3 is 1.25 bits per heavy atom. The van der Waals surface area contributed by atoms with Gasteiger partial charge in [-0.3, -0.25) is 0 Å². The maximum absolute atomic E-state index is 3.20. The minimum atomic E-state index is 0.715. The van der Waals surface area contributed by atoms with E-state index in [1.807, 2.05) is 82.3 Å². The molecule has 0 aromatic carbocycles. The van der Waals surface area contributed by atoms with E-state index in [9.17, 15) is 0 Å². The van der Waals surface area contributed by atoms with Crippen LogP contribution in [0.5, 0.6) is 0 Å². The first-order chi connectivity index (χ1) is 28.1. The molecule has 0 fully saturated rings. The molecule has 0 rings (SSSR count). The second-order valence-electron chi connectivity index (χ2n) is 18.0. The van der Waals surface area contributed by atoms with Crippen LogP contribution in [-0.2, 0) is 0 Å². The van der Waals surface area contributed by atoms with Crippen LogP contribution in [0.25, 0.3) is 0 Å². The van der Waals surface area contributed by atoms with Crippen LogP contribution in [-0.4, -0.2) is 66.5 Å². The van der Waals surface area contributed by atoms with Gasteiger partial charge in [0.2, 0.25) is 0 Å². The Morgan fingerprint density at radius 1 is 0.383 bits per heavy atom. The molecule has 0 saturated heterocycles. The zero-order chi connectivity index (χ0) is 47.0. The van der Waals surface area contributed by atoms with Crippen LogP contribution in [0.15, 0.2) is 35.1 Å². The summed E-state index contributed by atoms with van der Waals surface area (Å²) in [4.78, 5) is 0. The highest BCUT2D eigenvalue weighted by atomic mass is 32.2. The third-order valence-electron chi connectivity index (χ3n) is 6.38. The molecule has 0 bridgehead atoms. The lowest BCUT2D eigenvalue weighted by Crippen LogP contribution is -1.90. The Bertz CT molecular complexity index is 920. The van der Waals surface area contributed by atoms with Crippen LogP contribution >= 0.6 is 82.3 Å². The van der Waals surface area contributed by atoms with Crippen molar-refractivity contribution in [3.63, 3.8) is 0 Å². The van der Waals surface area contributed by atoms with Crippen molar-refractivity contribution in [2.45, 2.75) is 203 Å². The monoisotopic (exact) mass is 963 g/mol. The number of hydrogen-bond acceptors (Lipinski definition) is 7. The van der Waals surface area contributed by atoms with Crippen LogP contribution < -0.4 is 0 Å². The van der Waals surface area contributed by atoms with Gasteiger partial charge in [0.05, 0.1) is 5.75 Å². The zero-order valence-corrected chi connectivity index (χ0v) is 49.0. The van der Waals surface area contributed by atoms with E-state index in [1.165, 1.54) is 48.0 Å². The van der Waals surface area contributed by atoms with Crippen LogP contribution in [0, 0.1) is 53.3 Å². The van der Waals surface area contributed by atoms with Crippen LogP contribution in [0.2, 0.25) is 0 Å².